The molecule has 1 amide bonds. The molecule has 1 rings (SSSR count). The molecular weight excluding hydrogens is 180 g/mol. The van der Waals surface area contributed by atoms with Crippen LogP contribution in [0.1, 0.15) is 19.8 Å². The highest BCUT2D eigenvalue weighted by Crippen LogP contribution is 2.15. The van der Waals surface area contributed by atoms with Gasteiger partial charge >= 0.3 is 0 Å². The number of amides is 1. The van der Waals surface area contributed by atoms with Crippen LogP contribution in [0.4, 0.5) is 0 Å². The number of likely N-dealkylation sites (tertiary alicyclic amines) is 1. The van der Waals surface area contributed by atoms with Crippen molar-refractivity contribution in [2.75, 3.05) is 20.2 Å². The Labute approximate surface area is 84.9 Å². The fraction of sp³-hybridized carbons (Fsp3) is 0.700. The van der Waals surface area contributed by atoms with Gasteiger partial charge in [0.05, 0.1) is 13.7 Å². The van der Waals surface area contributed by atoms with Crippen molar-refractivity contribution >= 4 is 5.91 Å². The minimum atomic E-state index is 0.119. The van der Waals surface area contributed by atoms with Crippen LogP contribution in [0.3, 0.4) is 0 Å². The van der Waals surface area contributed by atoms with Crippen molar-refractivity contribution in [3.63, 3.8) is 0 Å². The number of methoxy groups -OCH3 is 1. The number of nitrogens with one attached hydrogen (secondary N) is 1. The molecule has 0 aromatic carbocycles. The van der Waals surface area contributed by atoms with Crippen LogP contribution in [-0.2, 0) is 9.53 Å². The van der Waals surface area contributed by atoms with Crippen molar-refractivity contribution in [3.8, 4) is 0 Å². The van der Waals surface area contributed by atoms with Crippen molar-refractivity contribution in [1.82, 2.24) is 10.2 Å². The Balaban J connectivity index is 2.31. The molecule has 0 aromatic rings. The second kappa shape index (κ2) is 4.88. The zero-order valence-electron chi connectivity index (χ0n) is 8.88. The Hall–Kier alpha value is -1.19. The lowest BCUT2D eigenvalue weighted by atomic mass is 10.2. The number of nitrogens with zero attached hydrogens (tertiary/aromatic N) is 1. The van der Waals surface area contributed by atoms with Gasteiger partial charge in [0.25, 0.3) is 0 Å². The lowest BCUT2D eigenvalue weighted by Crippen LogP contribution is -2.39. The predicted octanol–water partition coefficient (Wildman–Crippen LogP) is 0.704. The van der Waals surface area contributed by atoms with Gasteiger partial charge in [-0.05, 0) is 26.3 Å². The van der Waals surface area contributed by atoms with E-state index in [0.717, 1.165) is 19.4 Å². The number of rotatable bonds is 4. The van der Waals surface area contributed by atoms with Gasteiger partial charge in [-0.25, -0.2) is 0 Å². The van der Waals surface area contributed by atoms with Crippen molar-refractivity contribution in [3.05, 3.63) is 12.5 Å². The molecule has 4 nitrogen and oxygen atoms in total. The Kier molecular flexibility index (Phi) is 3.80. The van der Waals surface area contributed by atoms with Gasteiger partial charge in [0.2, 0.25) is 5.91 Å². The van der Waals surface area contributed by atoms with Gasteiger partial charge in [0.15, 0.2) is 5.88 Å². The third-order valence-electron chi connectivity index (χ3n) is 2.56. The van der Waals surface area contributed by atoms with Gasteiger partial charge in [-0.15, -0.1) is 0 Å². The van der Waals surface area contributed by atoms with Crippen LogP contribution in [-0.4, -0.2) is 37.0 Å². The van der Waals surface area contributed by atoms with Crippen LogP contribution in [0.2, 0.25) is 0 Å². The molecule has 1 atom stereocenters. The maximum Gasteiger partial charge on any atom is 0.242 e. The van der Waals surface area contributed by atoms with E-state index in [-0.39, 0.29) is 12.5 Å². The quantitative estimate of drug-likeness (QED) is 0.676. The summed E-state index contributed by atoms with van der Waals surface area (Å²) in [5.74, 6) is 0.554. The average Bonchev–Trinajstić information content (AvgIpc) is 2.60. The summed E-state index contributed by atoms with van der Waals surface area (Å²) in [6.45, 7) is 6.82. The summed E-state index contributed by atoms with van der Waals surface area (Å²) in [5.41, 5.74) is 0. The van der Waals surface area contributed by atoms with Crippen LogP contribution in [0, 0.1) is 0 Å². The van der Waals surface area contributed by atoms with E-state index in [0.29, 0.717) is 11.9 Å². The van der Waals surface area contributed by atoms with Crippen LogP contribution >= 0.6 is 0 Å². The number of ether oxygens (including phenoxy) is 1. The fourth-order valence-corrected chi connectivity index (χ4v) is 1.65. The first-order valence-corrected chi connectivity index (χ1v) is 4.91. The lowest BCUT2D eigenvalue weighted by Gasteiger charge is -2.21. The standard InChI is InChI=1S/C10H18N2O2/c1-8-5-4-6-12(8)10(13)7-11-9(2)14-3/h8,11H,2,4-7H2,1,3H3/t8-/m1/s1. The molecule has 0 aliphatic carbocycles. The molecule has 1 N–H and O–H groups in total. The van der Waals surface area contributed by atoms with Crippen molar-refractivity contribution in [2.24, 2.45) is 0 Å². The van der Waals surface area contributed by atoms with Crippen molar-refractivity contribution in [1.29, 1.82) is 0 Å². The first kappa shape index (κ1) is 10.9. The van der Waals surface area contributed by atoms with E-state index in [1.165, 1.54) is 7.11 Å². The Morgan fingerprint density at radius 3 is 2.93 bits per heavy atom. The molecule has 4 heteroatoms. The van der Waals surface area contributed by atoms with Gasteiger partial charge in [-0.2, -0.15) is 0 Å². The van der Waals surface area contributed by atoms with Crippen molar-refractivity contribution < 1.29 is 9.53 Å². The van der Waals surface area contributed by atoms with Crippen molar-refractivity contribution in [2.45, 2.75) is 25.8 Å². The van der Waals surface area contributed by atoms with Gasteiger partial charge in [-0.1, -0.05) is 0 Å². The molecule has 80 valence electrons. The number of hydrogen-bond acceptors (Lipinski definition) is 3. The van der Waals surface area contributed by atoms with Crippen LogP contribution in [0.5, 0.6) is 0 Å². The van der Waals surface area contributed by atoms with E-state index >= 15 is 0 Å². The average molecular weight is 198 g/mol. The van der Waals surface area contributed by atoms with Crippen LogP contribution in [0.25, 0.3) is 0 Å². The second-order valence-corrected chi connectivity index (χ2v) is 3.56. The topological polar surface area (TPSA) is 41.6 Å². The summed E-state index contributed by atoms with van der Waals surface area (Å²) in [5, 5.41) is 2.82. The van der Waals surface area contributed by atoms with E-state index < -0.39 is 0 Å². The first-order valence-electron chi connectivity index (χ1n) is 4.91. The van der Waals surface area contributed by atoms with E-state index in [4.69, 9.17) is 4.74 Å². The summed E-state index contributed by atoms with van der Waals surface area (Å²) in [6.07, 6.45) is 2.22. The van der Waals surface area contributed by atoms with E-state index in [2.05, 4.69) is 18.8 Å². The summed E-state index contributed by atoms with van der Waals surface area (Å²) < 4.78 is 4.81. The minimum Gasteiger partial charge on any atom is -0.483 e. The SMILES string of the molecule is C=C(NCC(=O)N1CCC[C@H]1C)OC. The van der Waals surface area contributed by atoms with Crippen LogP contribution in [0.15, 0.2) is 12.5 Å². The highest BCUT2D eigenvalue weighted by molar-refractivity contribution is 5.79. The Bertz CT molecular complexity index is 228. The molecule has 14 heavy (non-hydrogen) atoms. The monoisotopic (exact) mass is 198 g/mol. The van der Waals surface area contributed by atoms with Gasteiger partial charge < -0.3 is 15.0 Å². The molecule has 1 aliphatic heterocycles. The second-order valence-electron chi connectivity index (χ2n) is 3.56. The Morgan fingerprint density at radius 1 is 1.71 bits per heavy atom. The maximum atomic E-state index is 11.6. The molecule has 0 spiro atoms. The molecule has 0 aromatic heterocycles. The van der Waals surface area contributed by atoms with E-state index in [1.54, 1.807) is 0 Å². The molecular formula is C10H18N2O2. The lowest BCUT2D eigenvalue weighted by molar-refractivity contribution is -0.130. The number of carbonyl (C=O) groups is 1. The van der Waals surface area contributed by atoms with E-state index in [1.807, 2.05) is 4.90 Å². The Morgan fingerprint density at radius 2 is 2.43 bits per heavy atom. The summed E-state index contributed by atoms with van der Waals surface area (Å²) in [6, 6.07) is 0.375. The van der Waals surface area contributed by atoms with E-state index in [9.17, 15) is 4.79 Å². The molecule has 1 fully saturated rings. The highest BCUT2D eigenvalue weighted by Gasteiger charge is 2.24. The molecule has 1 aliphatic rings. The number of hydrogen-bond donors (Lipinski definition) is 1. The zero-order chi connectivity index (χ0) is 10.6. The molecule has 0 radical (unpaired) electrons. The molecule has 1 saturated heterocycles. The maximum absolute atomic E-state index is 11.6. The third kappa shape index (κ3) is 2.65. The molecule has 0 unspecified atom stereocenters. The molecule has 1 heterocycles. The number of carbonyl (C=O) groups excluding carboxylic acids is 1. The zero-order valence-corrected chi connectivity index (χ0v) is 8.88. The normalized spacial score (nSPS) is 20.7. The van der Waals surface area contributed by atoms with Gasteiger partial charge in [0.1, 0.15) is 0 Å². The summed E-state index contributed by atoms with van der Waals surface area (Å²) in [4.78, 5) is 13.5. The largest absolute Gasteiger partial charge is 0.483 e. The minimum absolute atomic E-state index is 0.119. The molecule has 0 bridgehead atoms. The summed E-state index contributed by atoms with van der Waals surface area (Å²) in [7, 11) is 1.53. The smallest absolute Gasteiger partial charge is 0.242 e. The van der Waals surface area contributed by atoms with Gasteiger partial charge in [0, 0.05) is 12.6 Å². The molecule has 0 saturated carbocycles. The fourth-order valence-electron chi connectivity index (χ4n) is 1.65. The predicted molar refractivity (Wildman–Crippen MR) is 54.6 cm³/mol. The third-order valence-corrected chi connectivity index (χ3v) is 2.56. The first-order chi connectivity index (χ1) is 6.65. The van der Waals surface area contributed by atoms with Gasteiger partial charge in [-0.3, -0.25) is 4.79 Å². The van der Waals surface area contributed by atoms with Crippen LogP contribution < -0.4 is 5.32 Å². The summed E-state index contributed by atoms with van der Waals surface area (Å²) >= 11 is 0. The highest BCUT2D eigenvalue weighted by atomic mass is 16.5.